The predicted molar refractivity (Wildman–Crippen MR) is 47.9 cm³/mol. The first-order chi connectivity index (χ1) is 6.07. The Labute approximate surface area is 78.1 Å². The molecule has 2 fully saturated rings. The molecule has 1 atom stereocenters. The van der Waals surface area contributed by atoms with Gasteiger partial charge in [-0.2, -0.15) is 0 Å². The number of rotatable bonds is 2. The summed E-state index contributed by atoms with van der Waals surface area (Å²) in [7, 11) is 0. The van der Waals surface area contributed by atoms with Crippen molar-refractivity contribution in [2.24, 2.45) is 5.92 Å². The molecule has 0 bridgehead atoms. The minimum absolute atomic E-state index is 0.401. The van der Waals surface area contributed by atoms with E-state index in [0.29, 0.717) is 19.0 Å². The average Bonchev–Trinajstić information content (AvgIpc) is 2.85. The first-order valence-electron chi connectivity index (χ1n) is 5.19. The van der Waals surface area contributed by atoms with E-state index < -0.39 is 11.8 Å². The third-order valence-electron chi connectivity index (χ3n) is 3.23. The molecule has 0 aromatic carbocycles. The van der Waals surface area contributed by atoms with Crippen molar-refractivity contribution in [3.05, 3.63) is 0 Å². The van der Waals surface area contributed by atoms with Crippen molar-refractivity contribution in [3.8, 4) is 0 Å². The first-order valence-corrected chi connectivity index (χ1v) is 5.19. The highest BCUT2D eigenvalue weighted by Gasteiger charge is 2.40. The van der Waals surface area contributed by atoms with Gasteiger partial charge in [-0.05, 0) is 39.2 Å². The lowest BCUT2D eigenvalue weighted by molar-refractivity contribution is -0.0672. The molecule has 13 heavy (non-hydrogen) atoms. The smallest absolute Gasteiger partial charge is 0.249 e. The van der Waals surface area contributed by atoms with Gasteiger partial charge in [0.1, 0.15) is 0 Å². The zero-order valence-electron chi connectivity index (χ0n) is 8.10. The largest absolute Gasteiger partial charge is 0.300 e. The average molecular weight is 189 g/mol. The van der Waals surface area contributed by atoms with Crippen molar-refractivity contribution in [3.63, 3.8) is 0 Å². The van der Waals surface area contributed by atoms with E-state index in [2.05, 4.69) is 4.90 Å². The van der Waals surface area contributed by atoms with Crippen LogP contribution in [0.3, 0.4) is 0 Å². The van der Waals surface area contributed by atoms with Gasteiger partial charge in [0, 0.05) is 18.5 Å². The highest BCUT2D eigenvalue weighted by molar-refractivity contribution is 4.90. The lowest BCUT2D eigenvalue weighted by Gasteiger charge is -2.35. The van der Waals surface area contributed by atoms with Crippen molar-refractivity contribution in [2.75, 3.05) is 13.1 Å². The third-order valence-corrected chi connectivity index (χ3v) is 3.23. The van der Waals surface area contributed by atoms with Crippen LogP contribution >= 0.6 is 0 Å². The Morgan fingerprint density at radius 2 is 1.92 bits per heavy atom. The second-order valence-electron chi connectivity index (χ2n) is 4.52. The molecule has 0 aromatic rings. The number of likely N-dealkylation sites (tertiary alicyclic amines) is 1. The van der Waals surface area contributed by atoms with Crippen molar-refractivity contribution in [1.82, 2.24) is 4.90 Å². The SMILES string of the molecule is CC(F)(F)C1CCCN(C2CC2)C1. The predicted octanol–water partition coefficient (Wildman–Crippen LogP) is 2.52. The van der Waals surface area contributed by atoms with Crippen molar-refractivity contribution in [2.45, 2.75) is 44.6 Å². The quantitative estimate of drug-likeness (QED) is 0.645. The maximum Gasteiger partial charge on any atom is 0.249 e. The summed E-state index contributed by atoms with van der Waals surface area (Å²) in [6, 6.07) is 0.644. The van der Waals surface area contributed by atoms with E-state index in [4.69, 9.17) is 0 Å². The van der Waals surface area contributed by atoms with Gasteiger partial charge in [0.05, 0.1) is 0 Å². The van der Waals surface area contributed by atoms with Crippen LogP contribution in [0.2, 0.25) is 0 Å². The van der Waals surface area contributed by atoms with E-state index in [-0.39, 0.29) is 0 Å². The van der Waals surface area contributed by atoms with Crippen molar-refractivity contribution in [1.29, 1.82) is 0 Å². The maximum absolute atomic E-state index is 13.0. The lowest BCUT2D eigenvalue weighted by atomic mass is 9.92. The highest BCUT2D eigenvalue weighted by Crippen LogP contribution is 2.36. The van der Waals surface area contributed by atoms with Crippen LogP contribution < -0.4 is 0 Å². The Hall–Kier alpha value is -0.180. The van der Waals surface area contributed by atoms with Crippen LogP contribution in [0.1, 0.15) is 32.6 Å². The minimum atomic E-state index is -2.48. The Morgan fingerprint density at radius 3 is 2.46 bits per heavy atom. The second kappa shape index (κ2) is 3.19. The summed E-state index contributed by atoms with van der Waals surface area (Å²) < 4.78 is 26.1. The van der Waals surface area contributed by atoms with Gasteiger partial charge >= 0.3 is 0 Å². The summed E-state index contributed by atoms with van der Waals surface area (Å²) in [5.74, 6) is -2.88. The Balaban J connectivity index is 1.91. The van der Waals surface area contributed by atoms with E-state index >= 15 is 0 Å². The molecule has 1 saturated heterocycles. The molecule has 1 aliphatic heterocycles. The number of piperidine rings is 1. The molecule has 0 N–H and O–H groups in total. The monoisotopic (exact) mass is 189 g/mol. The molecule has 3 heteroatoms. The van der Waals surface area contributed by atoms with Crippen LogP contribution in [0, 0.1) is 5.92 Å². The normalized spacial score (nSPS) is 32.1. The molecule has 76 valence electrons. The maximum atomic E-state index is 13.0. The summed E-state index contributed by atoms with van der Waals surface area (Å²) >= 11 is 0. The van der Waals surface area contributed by atoms with Crippen LogP contribution in [0.25, 0.3) is 0 Å². The van der Waals surface area contributed by atoms with Gasteiger partial charge in [-0.1, -0.05) is 0 Å². The first kappa shape index (κ1) is 9.38. The molecule has 0 spiro atoms. The summed E-state index contributed by atoms with van der Waals surface area (Å²) in [6.07, 6.45) is 4.10. The summed E-state index contributed by atoms with van der Waals surface area (Å²) in [5.41, 5.74) is 0. The molecule has 2 aliphatic rings. The van der Waals surface area contributed by atoms with Gasteiger partial charge in [0.15, 0.2) is 0 Å². The van der Waals surface area contributed by atoms with Crippen LogP contribution in [0.4, 0.5) is 8.78 Å². The molecule has 1 saturated carbocycles. The third kappa shape index (κ3) is 2.19. The van der Waals surface area contributed by atoms with Gasteiger partial charge < -0.3 is 0 Å². The molecule has 1 heterocycles. The molecule has 0 aromatic heterocycles. The van der Waals surface area contributed by atoms with Crippen LogP contribution in [0.15, 0.2) is 0 Å². The van der Waals surface area contributed by atoms with E-state index in [1.54, 1.807) is 0 Å². The molecule has 0 radical (unpaired) electrons. The molecule has 2 rings (SSSR count). The van der Waals surface area contributed by atoms with E-state index in [0.717, 1.165) is 19.9 Å². The number of hydrogen-bond acceptors (Lipinski definition) is 1. The Morgan fingerprint density at radius 1 is 1.23 bits per heavy atom. The molecule has 0 amide bonds. The van der Waals surface area contributed by atoms with Crippen LogP contribution in [-0.4, -0.2) is 30.0 Å². The van der Waals surface area contributed by atoms with E-state index in [9.17, 15) is 8.78 Å². The van der Waals surface area contributed by atoms with Crippen LogP contribution in [-0.2, 0) is 0 Å². The van der Waals surface area contributed by atoms with Gasteiger partial charge in [-0.15, -0.1) is 0 Å². The molecule has 1 unspecified atom stereocenters. The van der Waals surface area contributed by atoms with Gasteiger partial charge in [0.25, 0.3) is 0 Å². The van der Waals surface area contributed by atoms with Gasteiger partial charge in [-0.3, -0.25) is 4.90 Å². The Kier molecular flexibility index (Phi) is 2.30. The summed E-state index contributed by atoms with van der Waals surface area (Å²) in [6.45, 7) is 2.72. The summed E-state index contributed by atoms with van der Waals surface area (Å²) in [4.78, 5) is 2.26. The number of alkyl halides is 2. The molecular formula is C10H17F2N. The molecule has 1 aliphatic carbocycles. The minimum Gasteiger partial charge on any atom is -0.300 e. The van der Waals surface area contributed by atoms with Crippen molar-refractivity contribution < 1.29 is 8.78 Å². The fourth-order valence-electron chi connectivity index (χ4n) is 2.19. The van der Waals surface area contributed by atoms with E-state index in [1.807, 2.05) is 0 Å². The fourth-order valence-corrected chi connectivity index (χ4v) is 2.19. The molecule has 1 nitrogen and oxygen atoms in total. The number of halogens is 2. The number of nitrogens with zero attached hydrogens (tertiary/aromatic N) is 1. The Bertz CT molecular complexity index is 184. The van der Waals surface area contributed by atoms with Crippen molar-refractivity contribution >= 4 is 0 Å². The fraction of sp³-hybridized carbons (Fsp3) is 1.00. The zero-order chi connectivity index (χ0) is 9.47. The summed E-state index contributed by atoms with van der Waals surface area (Å²) in [5, 5.41) is 0. The van der Waals surface area contributed by atoms with E-state index in [1.165, 1.54) is 12.8 Å². The zero-order valence-corrected chi connectivity index (χ0v) is 8.10. The second-order valence-corrected chi connectivity index (χ2v) is 4.52. The van der Waals surface area contributed by atoms with Gasteiger partial charge in [0.2, 0.25) is 5.92 Å². The lowest BCUT2D eigenvalue weighted by Crippen LogP contribution is -2.43. The standard InChI is InChI=1S/C10H17F2N/c1-10(11,12)8-3-2-6-13(7-8)9-4-5-9/h8-9H,2-7H2,1H3. The highest BCUT2D eigenvalue weighted by atomic mass is 19.3. The van der Waals surface area contributed by atoms with Crippen LogP contribution in [0.5, 0.6) is 0 Å². The van der Waals surface area contributed by atoms with Gasteiger partial charge in [-0.25, -0.2) is 8.78 Å². The topological polar surface area (TPSA) is 3.24 Å². The number of hydrogen-bond donors (Lipinski definition) is 0. The molecular weight excluding hydrogens is 172 g/mol.